The average Bonchev–Trinajstić information content (AvgIpc) is 3.06. The van der Waals surface area contributed by atoms with Gasteiger partial charge in [0, 0.05) is 29.6 Å². The Morgan fingerprint density at radius 1 is 0.966 bits per heavy atom. The van der Waals surface area contributed by atoms with E-state index in [1.165, 1.54) is 5.56 Å². The van der Waals surface area contributed by atoms with Crippen LogP contribution in [0.25, 0.3) is 5.69 Å². The highest BCUT2D eigenvalue weighted by molar-refractivity contribution is 6.31. The van der Waals surface area contributed by atoms with Crippen LogP contribution < -0.4 is 0 Å². The van der Waals surface area contributed by atoms with Gasteiger partial charge in [0.15, 0.2) is 5.82 Å². The molecule has 1 aliphatic carbocycles. The minimum absolute atomic E-state index is 0.391. The summed E-state index contributed by atoms with van der Waals surface area (Å²) < 4.78 is 2.27. The first kappa shape index (κ1) is 19.0. The van der Waals surface area contributed by atoms with Gasteiger partial charge in [0.1, 0.15) is 5.82 Å². The summed E-state index contributed by atoms with van der Waals surface area (Å²) >= 11 is 12.7. The number of fused-ring (bicyclic) bond motifs is 3. The average molecular weight is 428 g/mol. The number of nitrogens with zero attached hydrogens (tertiary/aromatic N) is 5. The summed E-state index contributed by atoms with van der Waals surface area (Å²) in [5.41, 5.74) is 3.41. The summed E-state index contributed by atoms with van der Waals surface area (Å²) in [7, 11) is 2.11. The fourth-order valence-corrected chi connectivity index (χ4v) is 5.24. The minimum Gasteiger partial charge on any atom is -0.295 e. The molecule has 1 fully saturated rings. The molecule has 5 nitrogen and oxygen atoms in total. The minimum atomic E-state index is 0.391. The van der Waals surface area contributed by atoms with E-state index in [9.17, 15) is 0 Å². The Kier molecular flexibility index (Phi) is 5.06. The van der Waals surface area contributed by atoms with Gasteiger partial charge in [-0.3, -0.25) is 14.5 Å². The van der Waals surface area contributed by atoms with E-state index in [-0.39, 0.29) is 0 Å². The number of rotatable bonds is 2. The monoisotopic (exact) mass is 427 g/mol. The van der Waals surface area contributed by atoms with Crippen LogP contribution in [0.3, 0.4) is 0 Å². The van der Waals surface area contributed by atoms with E-state index in [1.807, 2.05) is 24.4 Å². The van der Waals surface area contributed by atoms with Crippen molar-refractivity contribution in [2.75, 3.05) is 7.05 Å². The molecule has 0 bridgehead atoms. The predicted molar refractivity (Wildman–Crippen MR) is 115 cm³/mol. The molecule has 0 spiro atoms. The second kappa shape index (κ2) is 7.71. The zero-order valence-electron chi connectivity index (χ0n) is 16.4. The lowest BCUT2D eigenvalue weighted by Crippen LogP contribution is -2.17. The third kappa shape index (κ3) is 3.56. The Bertz CT molecular complexity index is 1040. The highest BCUT2D eigenvalue weighted by Crippen LogP contribution is 2.42. The van der Waals surface area contributed by atoms with Gasteiger partial charge in [-0.15, -0.1) is 10.2 Å². The van der Waals surface area contributed by atoms with E-state index < -0.39 is 0 Å². The Morgan fingerprint density at radius 2 is 1.76 bits per heavy atom. The molecule has 29 heavy (non-hydrogen) atoms. The first-order valence-electron chi connectivity index (χ1n) is 10.1. The molecule has 0 atom stereocenters. The maximum Gasteiger partial charge on any atom is 0.151 e. The van der Waals surface area contributed by atoms with Gasteiger partial charge in [-0.2, -0.15) is 0 Å². The summed E-state index contributed by atoms with van der Waals surface area (Å²) in [6.07, 6.45) is 6.10. The predicted octanol–water partition coefficient (Wildman–Crippen LogP) is 5.36. The summed E-state index contributed by atoms with van der Waals surface area (Å²) in [6.45, 7) is 1.63. The Labute approximate surface area is 180 Å². The van der Waals surface area contributed by atoms with Gasteiger partial charge < -0.3 is 0 Å². The van der Waals surface area contributed by atoms with Gasteiger partial charge >= 0.3 is 0 Å². The summed E-state index contributed by atoms with van der Waals surface area (Å²) in [4.78, 5) is 6.79. The molecule has 1 saturated carbocycles. The highest BCUT2D eigenvalue weighted by Gasteiger charge is 2.31. The molecule has 3 heterocycles. The fourth-order valence-electron chi connectivity index (χ4n) is 4.77. The second-order valence-corrected chi connectivity index (χ2v) is 9.02. The van der Waals surface area contributed by atoms with E-state index in [0.717, 1.165) is 71.8 Å². The van der Waals surface area contributed by atoms with Gasteiger partial charge in [-0.05, 0) is 68.6 Å². The molecule has 150 valence electrons. The van der Waals surface area contributed by atoms with Crippen molar-refractivity contribution < 1.29 is 0 Å². The lowest BCUT2D eigenvalue weighted by Gasteiger charge is -2.28. The lowest BCUT2D eigenvalue weighted by molar-refractivity contribution is 0.315. The molecular weight excluding hydrogens is 405 g/mol. The summed E-state index contributed by atoms with van der Waals surface area (Å²) in [6, 6.07) is 9.95. The number of hydrogen-bond donors (Lipinski definition) is 0. The molecule has 0 unspecified atom stereocenters. The molecule has 0 amide bonds. The van der Waals surface area contributed by atoms with Crippen molar-refractivity contribution in [2.24, 2.45) is 0 Å². The largest absolute Gasteiger partial charge is 0.295 e. The normalized spacial score (nSPS) is 22.0. The molecule has 1 aromatic carbocycles. The van der Waals surface area contributed by atoms with Crippen molar-refractivity contribution in [3.05, 3.63) is 69.5 Å². The molecule has 5 rings (SSSR count). The number of aromatic nitrogens is 4. The van der Waals surface area contributed by atoms with Gasteiger partial charge in [-0.1, -0.05) is 23.2 Å². The van der Waals surface area contributed by atoms with Crippen molar-refractivity contribution in [2.45, 2.75) is 50.6 Å². The zero-order valence-corrected chi connectivity index (χ0v) is 17.9. The summed E-state index contributed by atoms with van der Waals surface area (Å²) in [5.74, 6) is 2.88. The molecule has 1 aliphatic heterocycles. The number of hydrogen-bond acceptors (Lipinski definition) is 4. The molecule has 0 saturated heterocycles. The van der Waals surface area contributed by atoms with Crippen molar-refractivity contribution in [3.63, 3.8) is 0 Å². The maximum atomic E-state index is 6.38. The van der Waals surface area contributed by atoms with Crippen LogP contribution in [0.5, 0.6) is 0 Å². The van der Waals surface area contributed by atoms with E-state index >= 15 is 0 Å². The summed E-state index contributed by atoms with van der Waals surface area (Å²) in [5, 5.41) is 10.8. The Morgan fingerprint density at radius 3 is 2.55 bits per heavy atom. The van der Waals surface area contributed by atoms with Crippen molar-refractivity contribution >= 4 is 23.2 Å². The molecule has 3 aromatic rings. The SMILES string of the molecule is CN1Cc2cc(Cl)ccc2-n2c(nnc2[C@H]2CC[C@H](c3ncccc3Cl)CC2)C1. The maximum absolute atomic E-state index is 6.38. The quantitative estimate of drug-likeness (QED) is 0.552. The van der Waals surface area contributed by atoms with E-state index in [1.54, 1.807) is 0 Å². The van der Waals surface area contributed by atoms with Crippen LogP contribution in [0.15, 0.2) is 36.5 Å². The van der Waals surface area contributed by atoms with E-state index in [4.69, 9.17) is 23.2 Å². The molecular formula is C22H23Cl2N5. The van der Waals surface area contributed by atoms with Crippen LogP contribution in [-0.2, 0) is 13.1 Å². The lowest BCUT2D eigenvalue weighted by atomic mass is 9.80. The van der Waals surface area contributed by atoms with Crippen molar-refractivity contribution in [1.29, 1.82) is 0 Å². The highest BCUT2D eigenvalue weighted by atomic mass is 35.5. The van der Waals surface area contributed by atoms with Gasteiger partial charge in [0.25, 0.3) is 0 Å². The molecule has 2 aromatic heterocycles. The third-order valence-electron chi connectivity index (χ3n) is 6.16. The van der Waals surface area contributed by atoms with Gasteiger partial charge in [-0.25, -0.2) is 0 Å². The fraction of sp³-hybridized carbons (Fsp3) is 0.409. The molecule has 0 radical (unpaired) electrons. The van der Waals surface area contributed by atoms with Gasteiger partial charge in [0.05, 0.1) is 22.9 Å². The van der Waals surface area contributed by atoms with Crippen LogP contribution in [-0.4, -0.2) is 31.7 Å². The first-order chi connectivity index (χ1) is 14.1. The standard InChI is InChI=1S/C22H23Cl2N5/c1-28-12-16-11-17(23)8-9-19(16)29-20(13-28)26-27-22(29)15-6-4-14(5-7-15)21-18(24)3-2-10-25-21/h2-3,8-11,14-15H,4-7,12-13H2,1H3/t14-,15-. The zero-order chi connectivity index (χ0) is 20.0. The van der Waals surface area contributed by atoms with E-state index in [2.05, 4.69) is 43.8 Å². The molecule has 0 N–H and O–H groups in total. The van der Waals surface area contributed by atoms with Crippen LogP contribution >= 0.6 is 23.2 Å². The van der Waals surface area contributed by atoms with Crippen LogP contribution in [0.4, 0.5) is 0 Å². The molecule has 2 aliphatic rings. The van der Waals surface area contributed by atoms with Crippen LogP contribution in [0, 0.1) is 0 Å². The van der Waals surface area contributed by atoms with E-state index in [0.29, 0.717) is 11.8 Å². The van der Waals surface area contributed by atoms with Crippen LogP contribution in [0.2, 0.25) is 10.0 Å². The molecule has 7 heteroatoms. The van der Waals surface area contributed by atoms with Crippen LogP contribution in [0.1, 0.15) is 60.4 Å². The third-order valence-corrected chi connectivity index (χ3v) is 6.71. The van der Waals surface area contributed by atoms with Crippen molar-refractivity contribution in [1.82, 2.24) is 24.6 Å². The number of benzene rings is 1. The van der Waals surface area contributed by atoms with Crippen molar-refractivity contribution in [3.8, 4) is 5.69 Å². The topological polar surface area (TPSA) is 46.8 Å². The second-order valence-electron chi connectivity index (χ2n) is 8.17. The first-order valence-corrected chi connectivity index (χ1v) is 10.9. The Balaban J connectivity index is 1.45. The number of halogens is 2. The van der Waals surface area contributed by atoms with Gasteiger partial charge in [0.2, 0.25) is 0 Å². The Hall–Kier alpha value is -1.95. The smallest absolute Gasteiger partial charge is 0.151 e. The number of pyridine rings is 1.